The molecule has 1 fully saturated rings. The minimum atomic E-state index is -0.698. The summed E-state index contributed by atoms with van der Waals surface area (Å²) in [4.78, 5) is 54.1. The fraction of sp³-hybridized carbons (Fsp3) is 0.176. The molecule has 0 saturated carbocycles. The van der Waals surface area contributed by atoms with Gasteiger partial charge in [0.25, 0.3) is 5.91 Å². The molecule has 1 heterocycles. The van der Waals surface area contributed by atoms with Crippen LogP contribution in [0.5, 0.6) is 0 Å². The van der Waals surface area contributed by atoms with Crippen LogP contribution < -0.4 is 10.2 Å². The molecule has 1 saturated heterocycles. The number of halogens is 1. The van der Waals surface area contributed by atoms with Gasteiger partial charge in [-0.15, -0.1) is 0 Å². The third-order valence-electron chi connectivity index (χ3n) is 8.62. The average molecular weight is 577 g/mol. The van der Waals surface area contributed by atoms with Gasteiger partial charge in [0.05, 0.1) is 23.1 Å². The largest absolute Gasteiger partial charge is 0.452 e. The van der Waals surface area contributed by atoms with Crippen LogP contribution in [0.25, 0.3) is 0 Å². The van der Waals surface area contributed by atoms with Crippen LogP contribution in [0.2, 0.25) is 5.02 Å². The van der Waals surface area contributed by atoms with Crippen molar-refractivity contribution in [3.63, 3.8) is 0 Å². The summed E-state index contributed by atoms with van der Waals surface area (Å²) in [5.41, 5.74) is 6.39. The molecular weight excluding hydrogens is 552 g/mol. The number of anilines is 2. The lowest BCUT2D eigenvalue weighted by atomic mass is 9.55. The molecule has 8 heteroatoms. The Labute approximate surface area is 247 Å². The van der Waals surface area contributed by atoms with Gasteiger partial charge in [-0.1, -0.05) is 66.2 Å². The standard InChI is InChI=1S/C34H25ClN2O5/c1-18-10-13-20(35)16-26(18)36-27(38)17-42-34(41)19-11-14-21(15-12-19)37-32(39)30-28-22-6-2-3-7-23(22)29(31(30)33(37)40)25-9-5-4-8-24(25)28/h2-16,28-31H,17H2,1H3,(H,36,38)/t28?,29?,30-,31-/m0/s1. The fourth-order valence-corrected chi connectivity index (χ4v) is 6.98. The fourth-order valence-electron chi connectivity index (χ4n) is 6.81. The SMILES string of the molecule is Cc1ccc(Cl)cc1NC(=O)COC(=O)c1ccc(N2C(=O)[C@H]3C4c5ccccc5C(c5ccccc54)[C@@H]3C2=O)cc1. The van der Waals surface area contributed by atoms with E-state index in [-0.39, 0.29) is 29.2 Å². The van der Waals surface area contributed by atoms with Crippen molar-refractivity contribution in [3.8, 4) is 0 Å². The van der Waals surface area contributed by atoms with Gasteiger partial charge in [-0.2, -0.15) is 0 Å². The van der Waals surface area contributed by atoms with Crippen molar-refractivity contribution in [1.29, 1.82) is 0 Å². The summed E-state index contributed by atoms with van der Waals surface area (Å²) in [6.07, 6.45) is 0. The van der Waals surface area contributed by atoms with Gasteiger partial charge in [0, 0.05) is 22.5 Å². The molecule has 7 nitrogen and oxygen atoms in total. The van der Waals surface area contributed by atoms with E-state index in [1.807, 2.05) is 31.2 Å². The van der Waals surface area contributed by atoms with Crippen LogP contribution >= 0.6 is 11.6 Å². The van der Waals surface area contributed by atoms with Crippen molar-refractivity contribution in [2.24, 2.45) is 11.8 Å². The predicted molar refractivity (Wildman–Crippen MR) is 158 cm³/mol. The number of imide groups is 1. The van der Waals surface area contributed by atoms with Crippen LogP contribution in [-0.2, 0) is 19.1 Å². The first-order chi connectivity index (χ1) is 20.3. The highest BCUT2D eigenvalue weighted by Crippen LogP contribution is 2.61. The Balaban J connectivity index is 1.09. The van der Waals surface area contributed by atoms with Crippen LogP contribution in [0.1, 0.15) is 50.0 Å². The molecule has 208 valence electrons. The topological polar surface area (TPSA) is 92.8 Å². The van der Waals surface area contributed by atoms with E-state index in [0.29, 0.717) is 16.4 Å². The van der Waals surface area contributed by atoms with E-state index in [2.05, 4.69) is 29.6 Å². The summed E-state index contributed by atoms with van der Waals surface area (Å²) >= 11 is 6.00. The summed E-state index contributed by atoms with van der Waals surface area (Å²) in [6, 6.07) is 27.4. The number of nitrogens with one attached hydrogen (secondary N) is 1. The maximum absolute atomic E-state index is 13.9. The summed E-state index contributed by atoms with van der Waals surface area (Å²) < 4.78 is 5.19. The number of ether oxygens (including phenoxy) is 1. The quantitative estimate of drug-likeness (QED) is 0.238. The van der Waals surface area contributed by atoms with Crippen molar-refractivity contribution in [2.75, 3.05) is 16.8 Å². The zero-order valence-electron chi connectivity index (χ0n) is 22.5. The van der Waals surface area contributed by atoms with E-state index >= 15 is 0 Å². The number of amides is 3. The van der Waals surface area contributed by atoms with Crippen LogP contribution in [-0.4, -0.2) is 30.3 Å². The Morgan fingerprint density at radius 3 is 1.83 bits per heavy atom. The highest BCUT2D eigenvalue weighted by atomic mass is 35.5. The van der Waals surface area contributed by atoms with E-state index in [1.54, 1.807) is 30.3 Å². The van der Waals surface area contributed by atoms with Gasteiger partial charge in [0.1, 0.15) is 0 Å². The minimum Gasteiger partial charge on any atom is -0.452 e. The van der Waals surface area contributed by atoms with E-state index in [4.69, 9.17) is 16.3 Å². The van der Waals surface area contributed by atoms with Crippen molar-refractivity contribution in [3.05, 3.63) is 129 Å². The van der Waals surface area contributed by atoms with Gasteiger partial charge in [-0.05, 0) is 71.1 Å². The van der Waals surface area contributed by atoms with Crippen LogP contribution in [0.4, 0.5) is 11.4 Å². The number of rotatable bonds is 5. The second kappa shape index (κ2) is 9.96. The minimum absolute atomic E-state index is 0.190. The molecule has 0 radical (unpaired) electrons. The number of aryl methyl sites for hydroxylation is 1. The Morgan fingerprint density at radius 2 is 1.31 bits per heavy atom. The molecule has 0 spiro atoms. The lowest BCUT2D eigenvalue weighted by Crippen LogP contribution is -2.41. The second-order valence-electron chi connectivity index (χ2n) is 10.9. The highest BCUT2D eigenvalue weighted by Gasteiger charge is 2.61. The number of benzene rings is 4. The smallest absolute Gasteiger partial charge is 0.338 e. The summed E-state index contributed by atoms with van der Waals surface area (Å²) in [5, 5.41) is 3.16. The number of esters is 1. The molecule has 4 aliphatic rings. The Hall–Kier alpha value is -4.75. The molecule has 42 heavy (non-hydrogen) atoms. The summed E-state index contributed by atoms with van der Waals surface area (Å²) in [6.45, 7) is 1.34. The summed E-state index contributed by atoms with van der Waals surface area (Å²) in [5.74, 6) is -3.01. The average Bonchev–Trinajstić information content (AvgIpc) is 3.27. The van der Waals surface area contributed by atoms with Crippen LogP contribution in [0, 0.1) is 18.8 Å². The maximum atomic E-state index is 13.9. The molecule has 4 aromatic carbocycles. The molecule has 1 aliphatic heterocycles. The summed E-state index contributed by atoms with van der Waals surface area (Å²) in [7, 11) is 0. The van der Waals surface area contributed by atoms with Gasteiger partial charge in [0.2, 0.25) is 11.8 Å². The van der Waals surface area contributed by atoms with Gasteiger partial charge >= 0.3 is 5.97 Å². The second-order valence-corrected chi connectivity index (χ2v) is 11.3. The first-order valence-electron chi connectivity index (χ1n) is 13.7. The number of hydrogen-bond acceptors (Lipinski definition) is 5. The lowest BCUT2D eigenvalue weighted by molar-refractivity contribution is -0.122. The van der Waals surface area contributed by atoms with Crippen LogP contribution in [0.15, 0.2) is 91.0 Å². The molecule has 2 atom stereocenters. The Kier molecular flexibility index (Phi) is 6.21. The molecule has 0 aromatic heterocycles. The molecule has 1 N–H and O–H groups in total. The van der Waals surface area contributed by atoms with Gasteiger partial charge in [-0.3, -0.25) is 14.4 Å². The zero-order chi connectivity index (χ0) is 29.1. The first kappa shape index (κ1) is 26.2. The number of carbonyl (C=O) groups is 4. The van der Waals surface area contributed by atoms with Crippen molar-refractivity contribution in [2.45, 2.75) is 18.8 Å². The van der Waals surface area contributed by atoms with E-state index in [1.165, 1.54) is 17.0 Å². The Morgan fingerprint density at radius 1 is 0.786 bits per heavy atom. The molecular formula is C34H25ClN2O5. The molecule has 3 amide bonds. The molecule has 3 aliphatic carbocycles. The third-order valence-corrected chi connectivity index (χ3v) is 8.85. The van der Waals surface area contributed by atoms with Gasteiger partial charge in [0.15, 0.2) is 6.61 Å². The number of nitrogens with zero attached hydrogens (tertiary/aromatic N) is 1. The number of carbonyl (C=O) groups excluding carboxylic acids is 4. The van der Waals surface area contributed by atoms with Crippen molar-refractivity contribution in [1.82, 2.24) is 0 Å². The monoisotopic (exact) mass is 576 g/mol. The normalized spacial score (nSPS) is 21.4. The van der Waals surface area contributed by atoms with Gasteiger partial charge in [-0.25, -0.2) is 9.69 Å². The number of hydrogen-bond donors (Lipinski definition) is 1. The van der Waals surface area contributed by atoms with E-state index in [0.717, 1.165) is 27.8 Å². The zero-order valence-corrected chi connectivity index (χ0v) is 23.3. The van der Waals surface area contributed by atoms with Crippen molar-refractivity contribution >= 4 is 46.7 Å². The van der Waals surface area contributed by atoms with E-state index in [9.17, 15) is 19.2 Å². The Bertz CT molecular complexity index is 1680. The first-order valence-corrected chi connectivity index (χ1v) is 14.1. The molecule has 0 unspecified atom stereocenters. The predicted octanol–water partition coefficient (Wildman–Crippen LogP) is 5.84. The van der Waals surface area contributed by atoms with E-state index < -0.39 is 30.3 Å². The molecule has 4 aromatic rings. The van der Waals surface area contributed by atoms with Gasteiger partial charge < -0.3 is 10.1 Å². The lowest BCUT2D eigenvalue weighted by Gasteiger charge is -2.45. The molecule has 2 bridgehead atoms. The molecule has 8 rings (SSSR count). The van der Waals surface area contributed by atoms with Crippen molar-refractivity contribution < 1.29 is 23.9 Å². The van der Waals surface area contributed by atoms with Crippen LogP contribution in [0.3, 0.4) is 0 Å². The highest BCUT2D eigenvalue weighted by molar-refractivity contribution is 6.31. The maximum Gasteiger partial charge on any atom is 0.338 e. The third kappa shape index (κ3) is 4.03.